The fourth-order valence-corrected chi connectivity index (χ4v) is 2.57. The highest BCUT2D eigenvalue weighted by molar-refractivity contribution is 6.21. The molecular formula is C18H11N3O4. The van der Waals surface area contributed by atoms with E-state index in [1.54, 1.807) is 12.3 Å². The molecule has 122 valence electrons. The number of non-ortho nitro benzene ring substituents is 1. The maximum absolute atomic E-state index is 10.7. The number of hydrogen-bond donors (Lipinski definition) is 1. The first-order valence-corrected chi connectivity index (χ1v) is 7.41. The van der Waals surface area contributed by atoms with Gasteiger partial charge in [-0.3, -0.25) is 15.1 Å². The number of fused-ring (bicyclic) bond motifs is 1. The minimum absolute atomic E-state index is 0.0272. The van der Waals surface area contributed by atoms with Crippen molar-refractivity contribution in [2.75, 3.05) is 0 Å². The van der Waals surface area contributed by atoms with Gasteiger partial charge in [0.15, 0.2) is 0 Å². The van der Waals surface area contributed by atoms with E-state index in [4.69, 9.17) is 4.42 Å². The second-order valence-corrected chi connectivity index (χ2v) is 5.39. The third kappa shape index (κ3) is 2.67. The van der Waals surface area contributed by atoms with Crippen molar-refractivity contribution in [1.82, 2.24) is 4.98 Å². The van der Waals surface area contributed by atoms with Crippen LogP contribution in [0.15, 0.2) is 57.9 Å². The number of para-hydroxylation sites is 1. The lowest BCUT2D eigenvalue weighted by Crippen LogP contribution is -1.87. The molecule has 0 aliphatic carbocycles. The highest BCUT2D eigenvalue weighted by Crippen LogP contribution is 2.34. The van der Waals surface area contributed by atoms with Gasteiger partial charge in [0, 0.05) is 35.0 Å². The molecule has 4 rings (SSSR count). The minimum Gasteiger partial charge on any atom is -0.479 e. The van der Waals surface area contributed by atoms with Crippen LogP contribution < -0.4 is 0 Å². The van der Waals surface area contributed by atoms with E-state index < -0.39 is 4.92 Å². The maximum Gasteiger partial charge on any atom is 0.310 e. The molecule has 2 aromatic carbocycles. The lowest BCUT2D eigenvalue weighted by molar-refractivity contribution is -0.384. The Labute approximate surface area is 141 Å². The monoisotopic (exact) mass is 333 g/mol. The zero-order valence-corrected chi connectivity index (χ0v) is 12.8. The Morgan fingerprint density at radius 3 is 2.64 bits per heavy atom. The molecule has 3 aromatic rings. The molecule has 25 heavy (non-hydrogen) atoms. The number of hydrogen-bond acceptors (Lipinski definition) is 6. The van der Waals surface area contributed by atoms with Gasteiger partial charge in [-0.25, -0.2) is 4.98 Å². The van der Waals surface area contributed by atoms with Gasteiger partial charge in [0.05, 0.1) is 10.6 Å². The number of aliphatic imine (C=N–C) groups is 1. The lowest BCUT2D eigenvalue weighted by Gasteiger charge is -1.97. The van der Waals surface area contributed by atoms with Crippen molar-refractivity contribution >= 4 is 29.2 Å². The average molecular weight is 333 g/mol. The van der Waals surface area contributed by atoms with Gasteiger partial charge in [-0.15, -0.1) is 0 Å². The minimum atomic E-state index is -0.483. The van der Waals surface area contributed by atoms with E-state index >= 15 is 0 Å². The quantitative estimate of drug-likeness (QED) is 0.571. The summed E-state index contributed by atoms with van der Waals surface area (Å²) in [6.45, 7) is 0. The van der Waals surface area contributed by atoms with Crippen LogP contribution in [0, 0.1) is 10.1 Å². The summed E-state index contributed by atoms with van der Waals surface area (Å²) >= 11 is 0. The van der Waals surface area contributed by atoms with Crippen LogP contribution in [-0.4, -0.2) is 21.2 Å². The smallest absolute Gasteiger partial charge is 0.310 e. The summed E-state index contributed by atoms with van der Waals surface area (Å²) in [6, 6.07) is 13.4. The third-order valence-electron chi connectivity index (χ3n) is 3.81. The lowest BCUT2D eigenvalue weighted by atomic mass is 10.1. The Morgan fingerprint density at radius 1 is 1.12 bits per heavy atom. The fourth-order valence-electron chi connectivity index (χ4n) is 2.57. The number of allylic oxidation sites excluding steroid dienone is 1. The predicted octanol–water partition coefficient (Wildman–Crippen LogP) is 4.21. The highest BCUT2D eigenvalue weighted by atomic mass is 16.6. The van der Waals surface area contributed by atoms with Crippen LogP contribution in [0.4, 0.5) is 11.4 Å². The summed E-state index contributed by atoms with van der Waals surface area (Å²) in [5.74, 6) is -0.138. The van der Waals surface area contributed by atoms with Crippen molar-refractivity contribution in [2.24, 2.45) is 4.99 Å². The Balaban J connectivity index is 1.69. The topological polar surface area (TPSA) is 102 Å². The number of oxazole rings is 1. The number of aromatic nitrogens is 1. The molecule has 1 N–H and O–H groups in total. The molecule has 0 amide bonds. The van der Waals surface area contributed by atoms with Gasteiger partial charge in [0.25, 0.3) is 5.69 Å². The normalized spacial score (nSPS) is 14.0. The standard InChI is InChI=1S/C18H11N3O4/c22-18-16(9-12-10-19-15-4-2-1-3-14(12)15)20-17(25-18)11-5-7-13(8-6-11)21(23)24/h1-10,22H. The maximum atomic E-state index is 10.7. The van der Waals surface area contributed by atoms with E-state index in [9.17, 15) is 15.2 Å². The molecule has 7 nitrogen and oxygen atoms in total. The molecule has 1 aromatic heterocycles. The van der Waals surface area contributed by atoms with E-state index in [2.05, 4.69) is 9.98 Å². The zero-order valence-electron chi connectivity index (χ0n) is 12.8. The number of benzene rings is 2. The summed E-state index contributed by atoms with van der Waals surface area (Å²) in [5, 5.41) is 20.7. The Morgan fingerprint density at radius 2 is 1.88 bits per heavy atom. The molecule has 0 saturated carbocycles. The molecule has 0 spiro atoms. The van der Waals surface area contributed by atoms with Crippen molar-refractivity contribution in [2.45, 2.75) is 0 Å². The number of nitro groups is 1. The van der Waals surface area contributed by atoms with Crippen molar-refractivity contribution < 1.29 is 14.4 Å². The molecule has 0 fully saturated rings. The molecule has 7 heteroatoms. The molecule has 0 unspecified atom stereocenters. The molecule has 0 saturated heterocycles. The van der Waals surface area contributed by atoms with E-state index in [1.165, 1.54) is 24.3 Å². The Kier molecular flexibility index (Phi) is 3.39. The second kappa shape index (κ2) is 5.72. The van der Waals surface area contributed by atoms with Crippen LogP contribution in [0.5, 0.6) is 5.95 Å². The van der Waals surface area contributed by atoms with Crippen molar-refractivity contribution in [3.63, 3.8) is 0 Å². The summed E-state index contributed by atoms with van der Waals surface area (Å²) in [6.07, 6.45) is 3.38. The van der Waals surface area contributed by atoms with Crippen LogP contribution in [0.25, 0.3) is 23.1 Å². The van der Waals surface area contributed by atoms with E-state index in [-0.39, 0.29) is 23.2 Å². The first kappa shape index (κ1) is 14.8. The number of aromatic hydroxyl groups is 1. The van der Waals surface area contributed by atoms with Gasteiger partial charge in [-0.1, -0.05) is 18.2 Å². The first-order valence-electron chi connectivity index (χ1n) is 7.41. The van der Waals surface area contributed by atoms with E-state index in [1.807, 2.05) is 24.3 Å². The van der Waals surface area contributed by atoms with Gasteiger partial charge in [-0.05, 0) is 24.3 Å². The Bertz CT molecular complexity index is 1030. The summed E-state index contributed by atoms with van der Waals surface area (Å²) in [5.41, 5.74) is 3.39. The number of nitro benzene ring substituents is 1. The third-order valence-corrected chi connectivity index (χ3v) is 3.81. The average Bonchev–Trinajstić information content (AvgIpc) is 3.20. The Hall–Kier alpha value is -3.74. The van der Waals surface area contributed by atoms with E-state index in [0.29, 0.717) is 5.56 Å². The summed E-state index contributed by atoms with van der Waals surface area (Å²) < 4.78 is 5.28. The second-order valence-electron chi connectivity index (χ2n) is 5.39. The zero-order chi connectivity index (χ0) is 17.4. The van der Waals surface area contributed by atoms with Crippen LogP contribution >= 0.6 is 0 Å². The van der Waals surface area contributed by atoms with Crippen molar-refractivity contribution in [3.05, 3.63) is 69.9 Å². The largest absolute Gasteiger partial charge is 0.479 e. The van der Waals surface area contributed by atoms with Gasteiger partial charge in [-0.2, -0.15) is 0 Å². The van der Waals surface area contributed by atoms with E-state index in [0.717, 1.165) is 16.8 Å². The molecule has 1 aliphatic heterocycles. The van der Waals surface area contributed by atoms with Gasteiger partial charge in [0.1, 0.15) is 5.69 Å². The molecular weight excluding hydrogens is 322 g/mol. The highest BCUT2D eigenvalue weighted by Gasteiger charge is 2.17. The molecule has 0 bridgehead atoms. The summed E-state index contributed by atoms with van der Waals surface area (Å²) in [7, 11) is 0. The number of rotatable bonds is 3. The van der Waals surface area contributed by atoms with Gasteiger partial charge in [0.2, 0.25) is 5.89 Å². The molecule has 0 atom stereocenters. The van der Waals surface area contributed by atoms with Crippen molar-refractivity contribution in [1.29, 1.82) is 0 Å². The van der Waals surface area contributed by atoms with Crippen molar-refractivity contribution in [3.8, 4) is 17.4 Å². The fraction of sp³-hybridized carbons (Fsp3) is 0. The molecule has 2 heterocycles. The molecule has 1 aliphatic rings. The van der Waals surface area contributed by atoms with Crippen LogP contribution in [-0.2, 0) is 0 Å². The summed E-state index contributed by atoms with van der Waals surface area (Å²) in [4.78, 5) is 18.8. The van der Waals surface area contributed by atoms with Crippen LogP contribution in [0.2, 0.25) is 0 Å². The van der Waals surface area contributed by atoms with Gasteiger partial charge >= 0.3 is 5.95 Å². The van der Waals surface area contributed by atoms with Crippen LogP contribution in [0.1, 0.15) is 11.3 Å². The van der Waals surface area contributed by atoms with Crippen LogP contribution in [0.3, 0.4) is 0 Å². The predicted molar refractivity (Wildman–Crippen MR) is 92.7 cm³/mol. The number of nitrogens with zero attached hydrogens (tertiary/aromatic N) is 3. The van der Waals surface area contributed by atoms with Gasteiger partial charge < -0.3 is 9.52 Å². The SMILES string of the molecule is O=[N+]([O-])c1ccc(-c2nc(C=C3C=Nc4ccccc43)c(O)o2)cc1. The first-order chi connectivity index (χ1) is 12.1. The molecule has 0 radical (unpaired) electrons.